The molecule has 2 heterocycles. The van der Waals surface area contributed by atoms with E-state index < -0.39 is 0 Å². The number of methoxy groups -OCH3 is 1. The van der Waals surface area contributed by atoms with Crippen molar-refractivity contribution in [2.75, 3.05) is 7.11 Å². The van der Waals surface area contributed by atoms with Gasteiger partial charge in [0.05, 0.1) is 25.8 Å². The number of amides is 1. The minimum Gasteiger partial charge on any atom is -0.495 e. The summed E-state index contributed by atoms with van der Waals surface area (Å²) in [5.74, 6) is 2.16. The lowest BCUT2D eigenvalue weighted by molar-refractivity contribution is -0.121. The van der Waals surface area contributed by atoms with E-state index in [-0.39, 0.29) is 18.4 Å². The fraction of sp³-hybridized carbons (Fsp3) is 0.333. The maximum Gasteiger partial charge on any atom is 0.226 e. The van der Waals surface area contributed by atoms with Crippen molar-refractivity contribution in [1.82, 2.24) is 10.3 Å². The first kappa shape index (κ1) is 14.1. The van der Waals surface area contributed by atoms with E-state index in [0.29, 0.717) is 11.4 Å². The standard InChI is InChI=1S/C15H18N2O3/c1-10-4-7-14(20-10)11(2)17-15(18)8-12-5-6-13(19-3)9-16-12/h4-7,9,11H,8H2,1-3H3,(H,17,18)/t11-/m1/s1. The average Bonchev–Trinajstić information content (AvgIpc) is 2.86. The molecule has 1 N–H and O–H groups in total. The van der Waals surface area contributed by atoms with Crippen molar-refractivity contribution < 1.29 is 13.9 Å². The van der Waals surface area contributed by atoms with Crippen LogP contribution in [0.5, 0.6) is 5.75 Å². The highest BCUT2D eigenvalue weighted by molar-refractivity contribution is 5.78. The predicted octanol–water partition coefficient (Wildman–Crippen LogP) is 2.41. The van der Waals surface area contributed by atoms with Crippen molar-refractivity contribution in [1.29, 1.82) is 0 Å². The molecule has 1 amide bonds. The van der Waals surface area contributed by atoms with Gasteiger partial charge < -0.3 is 14.5 Å². The van der Waals surface area contributed by atoms with Crippen LogP contribution in [-0.2, 0) is 11.2 Å². The molecule has 2 rings (SSSR count). The molecule has 1 atom stereocenters. The van der Waals surface area contributed by atoms with Gasteiger partial charge in [-0.3, -0.25) is 9.78 Å². The Kier molecular flexibility index (Phi) is 4.40. The molecular formula is C15H18N2O3. The van der Waals surface area contributed by atoms with Gasteiger partial charge in [-0.1, -0.05) is 0 Å². The van der Waals surface area contributed by atoms with Crippen molar-refractivity contribution in [2.45, 2.75) is 26.3 Å². The molecule has 20 heavy (non-hydrogen) atoms. The molecule has 0 aliphatic rings. The van der Waals surface area contributed by atoms with E-state index in [2.05, 4.69) is 10.3 Å². The van der Waals surface area contributed by atoms with Crippen molar-refractivity contribution >= 4 is 5.91 Å². The predicted molar refractivity (Wildman–Crippen MR) is 74.5 cm³/mol. The topological polar surface area (TPSA) is 64.4 Å². The smallest absolute Gasteiger partial charge is 0.226 e. The number of rotatable bonds is 5. The second kappa shape index (κ2) is 6.23. The fourth-order valence-electron chi connectivity index (χ4n) is 1.85. The largest absolute Gasteiger partial charge is 0.495 e. The van der Waals surface area contributed by atoms with Gasteiger partial charge in [0.1, 0.15) is 17.3 Å². The third-order valence-electron chi connectivity index (χ3n) is 2.94. The highest BCUT2D eigenvalue weighted by Gasteiger charge is 2.13. The molecule has 0 radical (unpaired) electrons. The molecule has 2 aromatic heterocycles. The van der Waals surface area contributed by atoms with Crippen LogP contribution in [0.2, 0.25) is 0 Å². The minimum atomic E-state index is -0.158. The fourth-order valence-corrected chi connectivity index (χ4v) is 1.85. The van der Waals surface area contributed by atoms with Crippen LogP contribution in [0, 0.1) is 6.92 Å². The first-order valence-electron chi connectivity index (χ1n) is 6.43. The molecular weight excluding hydrogens is 256 g/mol. The second-order valence-corrected chi connectivity index (χ2v) is 4.60. The third kappa shape index (κ3) is 3.60. The number of ether oxygens (including phenoxy) is 1. The first-order valence-corrected chi connectivity index (χ1v) is 6.43. The van der Waals surface area contributed by atoms with Crippen LogP contribution in [0.3, 0.4) is 0 Å². The molecule has 0 fully saturated rings. The van der Waals surface area contributed by atoms with Gasteiger partial charge >= 0.3 is 0 Å². The number of pyridine rings is 1. The highest BCUT2D eigenvalue weighted by atomic mass is 16.5. The van der Waals surface area contributed by atoms with Crippen LogP contribution >= 0.6 is 0 Å². The molecule has 0 bridgehead atoms. The summed E-state index contributed by atoms with van der Waals surface area (Å²) in [5.41, 5.74) is 0.700. The van der Waals surface area contributed by atoms with Gasteiger partial charge in [0, 0.05) is 5.69 Å². The molecule has 2 aromatic rings. The van der Waals surface area contributed by atoms with E-state index >= 15 is 0 Å². The molecule has 5 nitrogen and oxygen atoms in total. The summed E-state index contributed by atoms with van der Waals surface area (Å²) in [6.07, 6.45) is 1.83. The number of hydrogen-bond donors (Lipinski definition) is 1. The van der Waals surface area contributed by atoms with E-state index in [9.17, 15) is 4.79 Å². The molecule has 0 aliphatic heterocycles. The Bertz CT molecular complexity index is 575. The summed E-state index contributed by atoms with van der Waals surface area (Å²) in [5, 5.41) is 2.88. The lowest BCUT2D eigenvalue weighted by Crippen LogP contribution is -2.28. The van der Waals surface area contributed by atoms with Gasteiger partial charge in [-0.2, -0.15) is 0 Å². The molecule has 0 spiro atoms. The summed E-state index contributed by atoms with van der Waals surface area (Å²) in [6, 6.07) is 7.15. The number of hydrogen-bond acceptors (Lipinski definition) is 4. The monoisotopic (exact) mass is 274 g/mol. The Morgan fingerprint density at radius 2 is 2.20 bits per heavy atom. The van der Waals surface area contributed by atoms with Crippen LogP contribution in [0.25, 0.3) is 0 Å². The Balaban J connectivity index is 1.91. The summed E-state index contributed by atoms with van der Waals surface area (Å²) in [4.78, 5) is 16.1. The van der Waals surface area contributed by atoms with Crippen molar-refractivity contribution in [3.8, 4) is 5.75 Å². The SMILES string of the molecule is COc1ccc(CC(=O)N[C@H](C)c2ccc(C)o2)nc1. The van der Waals surface area contributed by atoms with Gasteiger partial charge in [-0.15, -0.1) is 0 Å². The zero-order valence-electron chi connectivity index (χ0n) is 11.8. The lowest BCUT2D eigenvalue weighted by atomic mass is 10.2. The summed E-state index contributed by atoms with van der Waals surface area (Å²) in [7, 11) is 1.58. The van der Waals surface area contributed by atoms with Crippen molar-refractivity contribution in [3.05, 3.63) is 47.7 Å². The summed E-state index contributed by atoms with van der Waals surface area (Å²) in [6.45, 7) is 3.76. The van der Waals surface area contributed by atoms with Gasteiger partial charge in [0.25, 0.3) is 0 Å². The molecule has 0 unspecified atom stereocenters. The average molecular weight is 274 g/mol. The molecule has 0 saturated heterocycles. The number of aryl methyl sites for hydroxylation is 1. The van der Waals surface area contributed by atoms with E-state index in [4.69, 9.17) is 9.15 Å². The summed E-state index contributed by atoms with van der Waals surface area (Å²) < 4.78 is 10.5. The zero-order chi connectivity index (χ0) is 14.5. The maximum absolute atomic E-state index is 11.9. The van der Waals surface area contributed by atoms with E-state index in [0.717, 1.165) is 11.5 Å². The van der Waals surface area contributed by atoms with E-state index in [1.807, 2.05) is 26.0 Å². The highest BCUT2D eigenvalue weighted by Crippen LogP contribution is 2.15. The quantitative estimate of drug-likeness (QED) is 0.909. The van der Waals surface area contributed by atoms with Crippen LogP contribution < -0.4 is 10.1 Å². The minimum absolute atomic E-state index is 0.0933. The van der Waals surface area contributed by atoms with E-state index in [1.165, 1.54) is 0 Å². The molecule has 0 saturated carbocycles. The van der Waals surface area contributed by atoms with Gasteiger partial charge in [0.2, 0.25) is 5.91 Å². The van der Waals surface area contributed by atoms with Crippen LogP contribution in [-0.4, -0.2) is 18.0 Å². The van der Waals surface area contributed by atoms with Crippen LogP contribution in [0.4, 0.5) is 0 Å². The Morgan fingerprint density at radius 1 is 1.40 bits per heavy atom. The van der Waals surface area contributed by atoms with E-state index in [1.54, 1.807) is 25.4 Å². The molecule has 0 aromatic carbocycles. The number of nitrogens with one attached hydrogen (secondary N) is 1. The molecule has 5 heteroatoms. The van der Waals surface area contributed by atoms with Gasteiger partial charge in [-0.25, -0.2) is 0 Å². The van der Waals surface area contributed by atoms with Crippen molar-refractivity contribution in [3.63, 3.8) is 0 Å². The number of aromatic nitrogens is 1. The maximum atomic E-state index is 11.9. The number of furan rings is 1. The second-order valence-electron chi connectivity index (χ2n) is 4.60. The third-order valence-corrected chi connectivity index (χ3v) is 2.94. The normalized spacial score (nSPS) is 11.9. The summed E-state index contributed by atoms with van der Waals surface area (Å²) >= 11 is 0. The number of carbonyl (C=O) groups is 1. The first-order chi connectivity index (χ1) is 9.58. The number of carbonyl (C=O) groups excluding carboxylic acids is 1. The zero-order valence-corrected chi connectivity index (χ0v) is 11.8. The van der Waals surface area contributed by atoms with Crippen molar-refractivity contribution in [2.24, 2.45) is 0 Å². The lowest BCUT2D eigenvalue weighted by Gasteiger charge is -2.11. The van der Waals surface area contributed by atoms with Crippen LogP contribution in [0.15, 0.2) is 34.9 Å². The van der Waals surface area contributed by atoms with Crippen LogP contribution in [0.1, 0.15) is 30.2 Å². The Labute approximate surface area is 118 Å². The molecule has 0 aliphatic carbocycles. The Morgan fingerprint density at radius 3 is 2.75 bits per heavy atom. The van der Waals surface area contributed by atoms with Gasteiger partial charge in [0.15, 0.2) is 0 Å². The number of nitrogens with zero attached hydrogens (tertiary/aromatic N) is 1. The van der Waals surface area contributed by atoms with Gasteiger partial charge in [-0.05, 0) is 38.1 Å². The molecule has 106 valence electrons. The Hall–Kier alpha value is -2.30.